The lowest BCUT2D eigenvalue weighted by Gasteiger charge is -2.24. The molecule has 1 atom stereocenters. The summed E-state index contributed by atoms with van der Waals surface area (Å²) in [6, 6.07) is 14.2. The average molecular weight is 537 g/mol. The number of rotatable bonds is 7. The van der Waals surface area contributed by atoms with E-state index in [-0.39, 0.29) is 35.7 Å². The molecule has 4 rings (SSSR count). The van der Waals surface area contributed by atoms with E-state index in [0.717, 1.165) is 0 Å². The summed E-state index contributed by atoms with van der Waals surface area (Å²) in [5.41, 5.74) is 1.28. The molecule has 1 aliphatic rings. The molecule has 0 aliphatic carbocycles. The highest BCUT2D eigenvalue weighted by Crippen LogP contribution is 2.42. The number of benzene rings is 3. The quantitative estimate of drug-likeness (QED) is 0.383. The minimum atomic E-state index is -0.935. The van der Waals surface area contributed by atoms with Gasteiger partial charge in [-0.15, -0.1) is 0 Å². The first-order valence-corrected chi connectivity index (χ1v) is 11.8. The molecule has 3 aromatic carbocycles. The molecular weight excluding hydrogens is 517 g/mol. The lowest BCUT2D eigenvalue weighted by molar-refractivity contribution is -0.139. The maximum absolute atomic E-state index is 13.1. The van der Waals surface area contributed by atoms with Crippen LogP contribution in [0.15, 0.2) is 54.6 Å². The molecule has 10 heteroatoms. The Morgan fingerprint density at radius 3 is 2.43 bits per heavy atom. The Balaban J connectivity index is 1.55. The number of carboxylic acid groups (broad SMARTS) is 1. The summed E-state index contributed by atoms with van der Waals surface area (Å²) < 4.78 is 11.5. The van der Waals surface area contributed by atoms with Gasteiger partial charge >= 0.3 is 5.97 Å². The Labute approximate surface area is 216 Å². The Kier molecular flexibility index (Phi) is 7.72. The number of carboxylic acids is 1. The molecule has 3 aromatic rings. The molecule has 1 amide bonds. The number of halogens is 3. The minimum Gasteiger partial charge on any atom is -0.493 e. The predicted molar refractivity (Wildman–Crippen MR) is 134 cm³/mol. The molecule has 0 spiro atoms. The van der Waals surface area contributed by atoms with Gasteiger partial charge in [-0.3, -0.25) is 9.59 Å². The van der Waals surface area contributed by atoms with Gasteiger partial charge in [0.15, 0.2) is 0 Å². The van der Waals surface area contributed by atoms with Crippen molar-refractivity contribution < 1.29 is 29.3 Å². The van der Waals surface area contributed by atoms with Crippen LogP contribution >= 0.6 is 34.8 Å². The fraction of sp³-hybridized carbons (Fsp3) is 0.200. The van der Waals surface area contributed by atoms with E-state index < -0.39 is 11.9 Å². The lowest BCUT2D eigenvalue weighted by atomic mass is 9.93. The molecule has 0 saturated heterocycles. The summed E-state index contributed by atoms with van der Waals surface area (Å²) in [7, 11) is 0. The molecule has 35 heavy (non-hydrogen) atoms. The van der Waals surface area contributed by atoms with E-state index in [4.69, 9.17) is 44.3 Å². The molecule has 1 heterocycles. The van der Waals surface area contributed by atoms with Crippen molar-refractivity contribution >= 4 is 52.4 Å². The zero-order chi connectivity index (χ0) is 25.1. The first kappa shape index (κ1) is 25.1. The summed E-state index contributed by atoms with van der Waals surface area (Å²) in [4.78, 5) is 26.0. The molecule has 2 N–H and O–H groups in total. The van der Waals surface area contributed by atoms with Gasteiger partial charge in [-0.1, -0.05) is 34.8 Å². The van der Waals surface area contributed by atoms with Crippen molar-refractivity contribution in [2.75, 3.05) is 24.7 Å². The monoisotopic (exact) mass is 535 g/mol. The molecule has 0 fully saturated rings. The summed E-state index contributed by atoms with van der Waals surface area (Å²) in [6.45, 7) is 0.0673. The Hall–Kier alpha value is -2.97. The van der Waals surface area contributed by atoms with Crippen LogP contribution in [0.1, 0.15) is 28.3 Å². The van der Waals surface area contributed by atoms with Crippen molar-refractivity contribution in [3.8, 4) is 17.2 Å². The molecule has 1 unspecified atom stereocenters. The summed E-state index contributed by atoms with van der Waals surface area (Å²) in [5.74, 6) is -0.872. The van der Waals surface area contributed by atoms with Crippen molar-refractivity contribution in [1.29, 1.82) is 0 Å². The van der Waals surface area contributed by atoms with Gasteiger partial charge in [0.05, 0.1) is 34.9 Å². The van der Waals surface area contributed by atoms with Gasteiger partial charge in [0, 0.05) is 28.8 Å². The average Bonchev–Trinajstić information content (AvgIpc) is 2.83. The number of amides is 1. The van der Waals surface area contributed by atoms with Gasteiger partial charge in [-0.2, -0.15) is 0 Å². The number of aliphatic hydroxyl groups is 1. The fourth-order valence-corrected chi connectivity index (χ4v) is 4.53. The molecule has 0 aromatic heterocycles. The van der Waals surface area contributed by atoms with Crippen LogP contribution in [0.2, 0.25) is 15.1 Å². The van der Waals surface area contributed by atoms with Crippen molar-refractivity contribution in [3.05, 3.63) is 80.8 Å². The Morgan fingerprint density at radius 2 is 1.77 bits per heavy atom. The van der Waals surface area contributed by atoms with Crippen LogP contribution in [0.5, 0.6) is 17.2 Å². The zero-order valence-corrected chi connectivity index (χ0v) is 20.5. The second kappa shape index (κ2) is 10.7. The first-order valence-electron chi connectivity index (χ1n) is 10.6. The lowest BCUT2D eigenvalue weighted by Crippen LogP contribution is -2.33. The highest BCUT2D eigenvalue weighted by atomic mass is 35.5. The third-order valence-electron chi connectivity index (χ3n) is 5.50. The second-order valence-electron chi connectivity index (χ2n) is 7.75. The van der Waals surface area contributed by atoms with Crippen LogP contribution in [0, 0.1) is 0 Å². The largest absolute Gasteiger partial charge is 0.493 e. The van der Waals surface area contributed by atoms with Crippen LogP contribution in [-0.2, 0) is 4.79 Å². The van der Waals surface area contributed by atoms with Gasteiger partial charge in [-0.05, 0) is 55.0 Å². The third-order valence-corrected chi connectivity index (χ3v) is 6.33. The van der Waals surface area contributed by atoms with Crippen LogP contribution < -0.4 is 14.4 Å². The minimum absolute atomic E-state index is 0.0422. The molecule has 182 valence electrons. The second-order valence-corrected chi connectivity index (χ2v) is 9.00. The van der Waals surface area contributed by atoms with Gasteiger partial charge < -0.3 is 24.6 Å². The smallest absolute Gasteiger partial charge is 0.311 e. The molecule has 7 nitrogen and oxygen atoms in total. The highest BCUT2D eigenvalue weighted by molar-refractivity contribution is 6.37. The number of fused-ring (bicyclic) bond motifs is 1. The molecule has 1 aliphatic heterocycles. The number of anilines is 1. The SMILES string of the molecule is O=C(O)C1CCOc2cc(Oc3ccc(C(=O)N(CCO)c4ccc(Cl)cc4Cl)cc3)c(Cl)cc21. The van der Waals surface area contributed by atoms with E-state index in [1.807, 2.05) is 0 Å². The third kappa shape index (κ3) is 5.49. The number of nitrogens with zero attached hydrogens (tertiary/aromatic N) is 1. The maximum atomic E-state index is 13.1. The summed E-state index contributed by atoms with van der Waals surface area (Å²) in [5, 5.41) is 19.9. The van der Waals surface area contributed by atoms with E-state index in [1.54, 1.807) is 48.5 Å². The van der Waals surface area contributed by atoms with Crippen LogP contribution in [0.3, 0.4) is 0 Å². The fourth-order valence-electron chi connectivity index (χ4n) is 3.80. The number of carbonyl (C=O) groups excluding carboxylic acids is 1. The van der Waals surface area contributed by atoms with Crippen molar-refractivity contribution in [2.24, 2.45) is 0 Å². The number of hydrogen-bond acceptors (Lipinski definition) is 5. The summed E-state index contributed by atoms with van der Waals surface area (Å²) >= 11 is 18.6. The highest BCUT2D eigenvalue weighted by Gasteiger charge is 2.29. The standard InChI is InChI=1S/C25H20Cl3NO6/c26-15-3-6-21(19(27)11-15)29(8-9-30)24(31)14-1-4-16(5-2-14)35-23-13-22-18(12-20(23)28)17(25(32)33)7-10-34-22/h1-6,11-13,17,30H,7-10H2,(H,32,33). The van der Waals surface area contributed by atoms with E-state index in [0.29, 0.717) is 45.5 Å². The van der Waals surface area contributed by atoms with Crippen LogP contribution in [0.25, 0.3) is 0 Å². The molecule has 0 saturated carbocycles. The number of carbonyl (C=O) groups is 2. The van der Waals surface area contributed by atoms with E-state index in [1.165, 1.54) is 11.0 Å². The van der Waals surface area contributed by atoms with E-state index >= 15 is 0 Å². The predicted octanol–water partition coefficient (Wildman–Crippen LogP) is 6.03. The van der Waals surface area contributed by atoms with Gasteiger partial charge in [-0.25, -0.2) is 0 Å². The number of aliphatic hydroxyl groups excluding tert-OH is 1. The first-order chi connectivity index (χ1) is 16.8. The van der Waals surface area contributed by atoms with Crippen molar-refractivity contribution in [2.45, 2.75) is 12.3 Å². The van der Waals surface area contributed by atoms with Gasteiger partial charge in [0.2, 0.25) is 0 Å². The van der Waals surface area contributed by atoms with Crippen molar-refractivity contribution in [1.82, 2.24) is 0 Å². The molecule has 0 bridgehead atoms. The van der Waals surface area contributed by atoms with Crippen molar-refractivity contribution in [3.63, 3.8) is 0 Å². The van der Waals surface area contributed by atoms with Gasteiger partial charge in [0.25, 0.3) is 5.91 Å². The Bertz CT molecular complexity index is 1260. The maximum Gasteiger partial charge on any atom is 0.311 e. The number of aliphatic carboxylic acids is 1. The van der Waals surface area contributed by atoms with Crippen LogP contribution in [-0.4, -0.2) is 41.8 Å². The topological polar surface area (TPSA) is 96.3 Å². The van der Waals surface area contributed by atoms with E-state index in [9.17, 15) is 19.8 Å². The number of hydrogen-bond donors (Lipinski definition) is 2. The molecule has 0 radical (unpaired) electrons. The summed E-state index contributed by atoms with van der Waals surface area (Å²) in [6.07, 6.45) is 0.364. The van der Waals surface area contributed by atoms with Crippen LogP contribution in [0.4, 0.5) is 5.69 Å². The zero-order valence-electron chi connectivity index (χ0n) is 18.2. The van der Waals surface area contributed by atoms with E-state index in [2.05, 4.69) is 0 Å². The number of ether oxygens (including phenoxy) is 2. The Morgan fingerprint density at radius 1 is 1.03 bits per heavy atom. The van der Waals surface area contributed by atoms with Gasteiger partial charge in [0.1, 0.15) is 17.2 Å². The molecular formula is C25H20Cl3NO6. The normalized spacial score (nSPS) is 14.6.